The minimum absolute atomic E-state index is 0. The van der Waals surface area contributed by atoms with E-state index in [9.17, 15) is 4.79 Å². The highest BCUT2D eigenvalue weighted by Crippen LogP contribution is 2.36. The first-order valence-corrected chi connectivity index (χ1v) is 8.92. The smallest absolute Gasteiger partial charge is 0.249 e. The third-order valence-corrected chi connectivity index (χ3v) is 5.43. The quantitative estimate of drug-likeness (QED) is 0.834. The second kappa shape index (κ2) is 8.99. The van der Waals surface area contributed by atoms with E-state index in [1.54, 1.807) is 0 Å². The summed E-state index contributed by atoms with van der Waals surface area (Å²) in [6, 6.07) is 8.46. The number of hydrogen-bond donors (Lipinski definition) is 2. The molecule has 140 valence electrons. The summed E-state index contributed by atoms with van der Waals surface area (Å²) in [5.41, 5.74) is 8.17. The number of amides is 1. The van der Waals surface area contributed by atoms with E-state index in [1.807, 2.05) is 0 Å². The summed E-state index contributed by atoms with van der Waals surface area (Å²) in [4.78, 5) is 12.5. The predicted molar refractivity (Wildman–Crippen MR) is 100 cm³/mol. The van der Waals surface area contributed by atoms with E-state index in [1.165, 1.54) is 11.1 Å². The molecule has 5 nitrogen and oxygen atoms in total. The molecule has 1 amide bonds. The molecular weight excluding hydrogens is 340 g/mol. The van der Waals surface area contributed by atoms with Gasteiger partial charge in [0.25, 0.3) is 0 Å². The van der Waals surface area contributed by atoms with E-state index in [2.05, 4.69) is 36.5 Å². The first-order chi connectivity index (χ1) is 11.6. The highest BCUT2D eigenvalue weighted by molar-refractivity contribution is 5.85. The van der Waals surface area contributed by atoms with Crippen LogP contribution in [0.4, 0.5) is 0 Å². The molecule has 2 atom stereocenters. The van der Waals surface area contributed by atoms with Gasteiger partial charge in [-0.1, -0.05) is 24.3 Å². The van der Waals surface area contributed by atoms with Crippen molar-refractivity contribution in [2.24, 2.45) is 5.73 Å². The summed E-state index contributed by atoms with van der Waals surface area (Å²) < 4.78 is 11.3. The van der Waals surface area contributed by atoms with Gasteiger partial charge in [-0.2, -0.15) is 0 Å². The molecule has 2 aliphatic heterocycles. The van der Waals surface area contributed by atoms with Crippen molar-refractivity contribution in [1.82, 2.24) is 5.32 Å². The van der Waals surface area contributed by atoms with Crippen molar-refractivity contribution < 1.29 is 14.3 Å². The number of nitrogens with two attached hydrogens (primary N) is 1. The highest BCUT2D eigenvalue weighted by Gasteiger charge is 2.37. The summed E-state index contributed by atoms with van der Waals surface area (Å²) in [6.45, 7) is 4.72. The first kappa shape index (κ1) is 20.2. The fourth-order valence-corrected chi connectivity index (χ4v) is 3.91. The van der Waals surface area contributed by atoms with Crippen LogP contribution in [0.25, 0.3) is 0 Å². The average Bonchev–Trinajstić information content (AvgIpc) is 3.10. The normalized spacial score (nSPS) is 25.2. The molecular formula is C19H29ClN2O3. The lowest BCUT2D eigenvalue weighted by atomic mass is 9.72. The number of halogens is 1. The molecule has 0 unspecified atom stereocenters. The van der Waals surface area contributed by atoms with E-state index >= 15 is 0 Å². The molecule has 0 aliphatic carbocycles. The van der Waals surface area contributed by atoms with Gasteiger partial charge in [0.05, 0.1) is 6.10 Å². The minimum atomic E-state index is -0.354. The molecule has 2 fully saturated rings. The summed E-state index contributed by atoms with van der Waals surface area (Å²) in [6.07, 6.45) is 3.14. The van der Waals surface area contributed by atoms with Gasteiger partial charge in [-0.3, -0.25) is 4.79 Å². The Morgan fingerprint density at radius 3 is 2.64 bits per heavy atom. The zero-order valence-corrected chi connectivity index (χ0v) is 15.6. The van der Waals surface area contributed by atoms with E-state index in [0.717, 1.165) is 38.9 Å². The van der Waals surface area contributed by atoms with Gasteiger partial charge in [-0.25, -0.2) is 0 Å². The van der Waals surface area contributed by atoms with Crippen LogP contribution in [0.3, 0.4) is 0 Å². The molecule has 3 N–H and O–H groups in total. The molecule has 0 aromatic heterocycles. The van der Waals surface area contributed by atoms with Gasteiger partial charge in [-0.05, 0) is 43.7 Å². The molecule has 0 spiro atoms. The van der Waals surface area contributed by atoms with Gasteiger partial charge in [0.1, 0.15) is 6.10 Å². The summed E-state index contributed by atoms with van der Waals surface area (Å²) in [5.74, 6) is -0.00889. The SMILES string of the molecule is Cc1ccccc1C1(CNC(=O)[C@@H]2CC[C@H](CN)O2)CCOCC1.Cl. The van der Waals surface area contributed by atoms with Gasteiger partial charge in [-0.15, -0.1) is 12.4 Å². The standard InChI is InChI=1S/C19H28N2O3.ClH/c1-14-4-2-3-5-16(14)19(8-10-23-11-9-19)13-21-18(22)17-7-6-15(12-20)24-17;/h2-5,15,17H,6-13,20H2,1H3,(H,21,22);1H/t15-,17+;/m1./s1. The Morgan fingerprint density at radius 1 is 1.28 bits per heavy atom. The van der Waals surface area contributed by atoms with Crippen LogP contribution in [0.1, 0.15) is 36.8 Å². The number of aryl methyl sites for hydroxylation is 1. The van der Waals surface area contributed by atoms with Gasteiger partial charge in [0.2, 0.25) is 5.91 Å². The summed E-state index contributed by atoms with van der Waals surface area (Å²) in [5, 5.41) is 3.15. The fraction of sp³-hybridized carbons (Fsp3) is 0.632. The van der Waals surface area contributed by atoms with E-state index < -0.39 is 0 Å². The van der Waals surface area contributed by atoms with Crippen LogP contribution >= 0.6 is 12.4 Å². The van der Waals surface area contributed by atoms with Crippen LogP contribution in [-0.4, -0.2) is 44.4 Å². The Bertz CT molecular complexity index is 576. The lowest BCUT2D eigenvalue weighted by Gasteiger charge is -2.39. The Kier molecular flexibility index (Phi) is 7.25. The Labute approximate surface area is 156 Å². The molecule has 2 heterocycles. The number of carbonyl (C=O) groups excluding carboxylic acids is 1. The maximum atomic E-state index is 12.5. The van der Waals surface area contributed by atoms with Gasteiger partial charge >= 0.3 is 0 Å². The molecule has 3 rings (SSSR count). The third-order valence-electron chi connectivity index (χ3n) is 5.43. The Morgan fingerprint density at radius 2 is 2.00 bits per heavy atom. The van der Waals surface area contributed by atoms with E-state index in [0.29, 0.717) is 13.1 Å². The van der Waals surface area contributed by atoms with Gasteiger partial charge in [0.15, 0.2) is 0 Å². The molecule has 2 saturated heterocycles. The summed E-state index contributed by atoms with van der Waals surface area (Å²) in [7, 11) is 0. The highest BCUT2D eigenvalue weighted by atomic mass is 35.5. The van der Waals surface area contributed by atoms with Crippen LogP contribution in [0, 0.1) is 6.92 Å². The molecule has 1 aromatic carbocycles. The molecule has 0 saturated carbocycles. The number of ether oxygens (including phenoxy) is 2. The number of rotatable bonds is 5. The lowest BCUT2D eigenvalue weighted by molar-refractivity contribution is -0.132. The Hall–Kier alpha value is -1.14. The monoisotopic (exact) mass is 368 g/mol. The molecule has 0 radical (unpaired) electrons. The van der Waals surface area contributed by atoms with E-state index in [-0.39, 0.29) is 35.9 Å². The molecule has 0 bridgehead atoms. The van der Waals surface area contributed by atoms with Crippen molar-refractivity contribution in [2.45, 2.75) is 50.2 Å². The van der Waals surface area contributed by atoms with Crippen LogP contribution in [0.15, 0.2) is 24.3 Å². The summed E-state index contributed by atoms with van der Waals surface area (Å²) >= 11 is 0. The van der Waals surface area contributed by atoms with Crippen molar-refractivity contribution in [1.29, 1.82) is 0 Å². The molecule has 2 aliphatic rings. The third kappa shape index (κ3) is 4.53. The van der Waals surface area contributed by atoms with Crippen LogP contribution in [-0.2, 0) is 19.7 Å². The fourth-order valence-electron chi connectivity index (χ4n) is 3.91. The van der Waals surface area contributed by atoms with Crippen LogP contribution in [0.5, 0.6) is 0 Å². The second-order valence-corrected chi connectivity index (χ2v) is 6.99. The maximum Gasteiger partial charge on any atom is 0.249 e. The zero-order chi connectivity index (χ0) is 17.0. The molecule has 6 heteroatoms. The second-order valence-electron chi connectivity index (χ2n) is 6.99. The molecule has 1 aromatic rings. The topological polar surface area (TPSA) is 73.6 Å². The van der Waals surface area contributed by atoms with Crippen molar-refractivity contribution in [2.75, 3.05) is 26.3 Å². The Balaban J connectivity index is 0.00000225. The van der Waals surface area contributed by atoms with Crippen molar-refractivity contribution >= 4 is 18.3 Å². The van der Waals surface area contributed by atoms with Crippen molar-refractivity contribution in [3.05, 3.63) is 35.4 Å². The lowest BCUT2D eigenvalue weighted by Crippen LogP contribution is -2.47. The maximum absolute atomic E-state index is 12.5. The largest absolute Gasteiger partial charge is 0.381 e. The van der Waals surface area contributed by atoms with E-state index in [4.69, 9.17) is 15.2 Å². The number of carbonyl (C=O) groups is 1. The molecule has 25 heavy (non-hydrogen) atoms. The average molecular weight is 369 g/mol. The van der Waals surface area contributed by atoms with Gasteiger partial charge < -0.3 is 20.5 Å². The minimum Gasteiger partial charge on any atom is -0.381 e. The predicted octanol–water partition coefficient (Wildman–Crippen LogP) is 2.09. The number of hydrogen-bond acceptors (Lipinski definition) is 4. The van der Waals surface area contributed by atoms with Crippen LogP contribution in [0.2, 0.25) is 0 Å². The van der Waals surface area contributed by atoms with Gasteiger partial charge in [0, 0.05) is 31.7 Å². The van der Waals surface area contributed by atoms with Crippen molar-refractivity contribution in [3.8, 4) is 0 Å². The van der Waals surface area contributed by atoms with Crippen molar-refractivity contribution in [3.63, 3.8) is 0 Å². The first-order valence-electron chi connectivity index (χ1n) is 8.92. The number of nitrogens with one attached hydrogen (secondary N) is 1. The van der Waals surface area contributed by atoms with Crippen LogP contribution < -0.4 is 11.1 Å². The zero-order valence-electron chi connectivity index (χ0n) is 14.8. The number of benzene rings is 1.